The van der Waals surface area contributed by atoms with Crippen LogP contribution in [-0.4, -0.2) is 91.8 Å². The number of carbonyl (C=O) groups excluding carboxylic acids is 2. The maximum absolute atomic E-state index is 14.2. The van der Waals surface area contributed by atoms with Crippen LogP contribution in [0.25, 0.3) is 11.1 Å². The number of para-hydroxylation sites is 1. The topological polar surface area (TPSA) is 83.6 Å². The number of likely N-dealkylation sites (tertiary alicyclic amines) is 1. The third kappa shape index (κ3) is 9.07. The quantitative estimate of drug-likeness (QED) is 0.185. The average Bonchev–Trinajstić information content (AvgIpc) is 3.19. The van der Waals surface area contributed by atoms with Crippen LogP contribution in [0.3, 0.4) is 0 Å². The van der Waals surface area contributed by atoms with E-state index in [1.807, 2.05) is 59.5 Å². The lowest BCUT2D eigenvalue weighted by Crippen LogP contribution is -2.58. The zero-order valence-corrected chi connectivity index (χ0v) is 30.3. The summed E-state index contributed by atoms with van der Waals surface area (Å²) in [5.74, 6) is 1.58. The Morgan fingerprint density at radius 2 is 1.52 bits per heavy atom. The number of amides is 2. The minimum Gasteiger partial charge on any atom is -0.486 e. The van der Waals surface area contributed by atoms with Crippen LogP contribution in [0.5, 0.6) is 11.5 Å². The largest absolute Gasteiger partial charge is 0.486 e. The van der Waals surface area contributed by atoms with Crippen LogP contribution < -0.4 is 14.8 Å². The van der Waals surface area contributed by atoms with Crippen molar-refractivity contribution in [2.75, 3.05) is 59.0 Å². The number of rotatable bonds is 11. The summed E-state index contributed by atoms with van der Waals surface area (Å²) >= 11 is 6.44. The van der Waals surface area contributed by atoms with Gasteiger partial charge in [0.1, 0.15) is 25.9 Å². The minimum atomic E-state index is -0.652. The second kappa shape index (κ2) is 17.3. The molecule has 0 spiro atoms. The fraction of sp³-hybridized carbons (Fsp3) is 0.381. The van der Waals surface area contributed by atoms with Crippen molar-refractivity contribution in [1.82, 2.24) is 20.0 Å². The van der Waals surface area contributed by atoms with E-state index in [4.69, 9.17) is 25.8 Å². The maximum Gasteiger partial charge on any atom is 0.408 e. The zero-order valence-electron chi connectivity index (χ0n) is 29.6. The van der Waals surface area contributed by atoms with Crippen molar-refractivity contribution in [3.8, 4) is 22.6 Å². The van der Waals surface area contributed by atoms with Crippen LogP contribution in [-0.2, 0) is 29.1 Å². The van der Waals surface area contributed by atoms with E-state index in [-0.39, 0.29) is 18.4 Å². The van der Waals surface area contributed by atoms with Crippen LogP contribution in [0, 0.1) is 5.92 Å². The second-order valence-electron chi connectivity index (χ2n) is 13.8. The van der Waals surface area contributed by atoms with E-state index in [0.717, 1.165) is 86.2 Å². The van der Waals surface area contributed by atoms with E-state index >= 15 is 0 Å². The lowest BCUT2D eigenvalue weighted by Gasteiger charge is -2.40. The first-order valence-corrected chi connectivity index (χ1v) is 18.8. The normalized spacial score (nSPS) is 17.4. The highest BCUT2D eigenvalue weighted by Crippen LogP contribution is 2.34. The third-order valence-electron chi connectivity index (χ3n) is 10.4. The summed E-state index contributed by atoms with van der Waals surface area (Å²) in [5.41, 5.74) is 5.61. The van der Waals surface area contributed by atoms with Gasteiger partial charge in [-0.1, -0.05) is 90.5 Å². The van der Waals surface area contributed by atoms with Crippen LogP contribution in [0.1, 0.15) is 29.5 Å². The SMILES string of the molecule is O=C(N[C@@H](C(=O)N1CCN(Cc2cccc3c2OCCO3)CC1)C1CCN(CCc2cc(Cl)ccc2-c2ccccc2)CC1)OCc1ccccc1. The predicted octanol–water partition coefficient (Wildman–Crippen LogP) is 6.67. The lowest BCUT2D eigenvalue weighted by molar-refractivity contribution is -0.137. The van der Waals surface area contributed by atoms with Crippen molar-refractivity contribution in [3.63, 3.8) is 0 Å². The molecule has 1 N–H and O–H groups in total. The number of fused-ring (bicyclic) bond motifs is 1. The van der Waals surface area contributed by atoms with Gasteiger partial charge in [0.25, 0.3) is 0 Å². The Morgan fingerprint density at radius 3 is 2.29 bits per heavy atom. The summed E-state index contributed by atoms with van der Waals surface area (Å²) in [6.45, 7) is 7.20. The Hall–Kier alpha value is -4.57. The maximum atomic E-state index is 14.2. The van der Waals surface area contributed by atoms with Gasteiger partial charge in [0.2, 0.25) is 5.91 Å². The number of benzene rings is 4. The van der Waals surface area contributed by atoms with Gasteiger partial charge in [-0.3, -0.25) is 9.69 Å². The highest BCUT2D eigenvalue weighted by Gasteiger charge is 2.37. The van der Waals surface area contributed by atoms with Crippen molar-refractivity contribution in [3.05, 3.63) is 119 Å². The molecule has 7 rings (SSSR count). The summed E-state index contributed by atoms with van der Waals surface area (Å²) < 4.78 is 17.3. The number of hydrogen-bond donors (Lipinski definition) is 1. The molecule has 9 nitrogen and oxygen atoms in total. The first kappa shape index (κ1) is 35.8. The van der Waals surface area contributed by atoms with Gasteiger partial charge in [-0.25, -0.2) is 4.79 Å². The standard InChI is InChI=1S/C42H47ClN4O5/c43-36-14-15-37(32-10-5-2-6-11-32)34(28-36)18-21-45-19-16-33(17-20-45)39(44-42(49)52-30-31-8-3-1-4-9-31)41(48)47-24-22-46(23-25-47)29-35-12-7-13-38-40(35)51-27-26-50-38/h1-15,28,33,39H,16-27,29-30H2,(H,44,49)/t39-/m1/s1. The molecule has 52 heavy (non-hydrogen) atoms. The van der Waals surface area contributed by atoms with Gasteiger partial charge in [-0.2, -0.15) is 0 Å². The summed E-state index contributed by atoms with van der Waals surface area (Å²) in [6, 6.07) is 31.5. The molecule has 0 bridgehead atoms. The Labute approximate surface area is 311 Å². The van der Waals surface area contributed by atoms with E-state index < -0.39 is 12.1 Å². The highest BCUT2D eigenvalue weighted by molar-refractivity contribution is 6.30. The molecule has 0 aromatic heterocycles. The average molecular weight is 723 g/mol. The fourth-order valence-corrected chi connectivity index (χ4v) is 7.75. The van der Waals surface area contributed by atoms with Gasteiger partial charge in [-0.15, -0.1) is 0 Å². The summed E-state index contributed by atoms with van der Waals surface area (Å²) in [7, 11) is 0. The molecule has 2 saturated heterocycles. The number of hydrogen-bond acceptors (Lipinski definition) is 7. The molecule has 0 radical (unpaired) electrons. The smallest absolute Gasteiger partial charge is 0.408 e. The van der Waals surface area contributed by atoms with Gasteiger partial charge < -0.3 is 29.3 Å². The molecule has 272 valence electrons. The lowest BCUT2D eigenvalue weighted by atomic mass is 9.88. The van der Waals surface area contributed by atoms with Crippen molar-refractivity contribution in [1.29, 1.82) is 0 Å². The van der Waals surface area contributed by atoms with Gasteiger partial charge in [-0.05, 0) is 78.7 Å². The molecule has 0 unspecified atom stereocenters. The first-order chi connectivity index (χ1) is 25.5. The molecule has 2 amide bonds. The zero-order chi connectivity index (χ0) is 35.7. The number of nitrogens with one attached hydrogen (secondary N) is 1. The number of alkyl carbamates (subject to hydrolysis) is 1. The predicted molar refractivity (Wildman–Crippen MR) is 203 cm³/mol. The Bertz CT molecular complexity index is 1790. The molecule has 2 fully saturated rings. The van der Waals surface area contributed by atoms with Gasteiger partial charge in [0.05, 0.1) is 0 Å². The third-order valence-corrected chi connectivity index (χ3v) is 10.7. The number of nitrogens with zero attached hydrogens (tertiary/aromatic N) is 3. The summed E-state index contributed by atoms with van der Waals surface area (Å²) in [6.07, 6.45) is 1.92. The monoisotopic (exact) mass is 722 g/mol. The minimum absolute atomic E-state index is 0.00472. The van der Waals surface area contributed by atoms with Crippen molar-refractivity contribution >= 4 is 23.6 Å². The molecule has 1 atom stereocenters. The van der Waals surface area contributed by atoms with Crippen LogP contribution in [0.4, 0.5) is 4.79 Å². The molecule has 3 aliphatic rings. The highest BCUT2D eigenvalue weighted by atomic mass is 35.5. The van der Waals surface area contributed by atoms with E-state index in [2.05, 4.69) is 57.6 Å². The summed E-state index contributed by atoms with van der Waals surface area (Å²) in [4.78, 5) is 34.1. The number of halogens is 1. The molecule has 3 aliphatic heterocycles. The Kier molecular flexibility index (Phi) is 11.9. The van der Waals surface area contributed by atoms with E-state index in [0.29, 0.717) is 26.3 Å². The molecule has 0 saturated carbocycles. The molecule has 3 heterocycles. The van der Waals surface area contributed by atoms with Gasteiger partial charge >= 0.3 is 6.09 Å². The number of piperidine rings is 1. The molecule has 10 heteroatoms. The van der Waals surface area contributed by atoms with Gasteiger partial charge in [0.15, 0.2) is 11.5 Å². The molecule has 0 aliphatic carbocycles. The first-order valence-electron chi connectivity index (χ1n) is 18.4. The number of ether oxygens (including phenoxy) is 3. The van der Waals surface area contributed by atoms with Crippen LogP contribution >= 0.6 is 11.6 Å². The van der Waals surface area contributed by atoms with Crippen LogP contribution in [0.15, 0.2) is 97.1 Å². The van der Waals surface area contributed by atoms with Crippen molar-refractivity contribution < 1.29 is 23.8 Å². The molecule has 4 aromatic rings. The number of carbonyl (C=O) groups is 2. The Balaban J connectivity index is 0.971. The van der Waals surface area contributed by atoms with Gasteiger partial charge in [0, 0.05) is 49.9 Å². The summed E-state index contributed by atoms with van der Waals surface area (Å²) in [5, 5.41) is 3.75. The van der Waals surface area contributed by atoms with E-state index in [9.17, 15) is 9.59 Å². The Morgan fingerprint density at radius 1 is 0.788 bits per heavy atom. The number of piperazine rings is 1. The van der Waals surface area contributed by atoms with E-state index in [1.165, 1.54) is 16.7 Å². The molecular weight excluding hydrogens is 676 g/mol. The van der Waals surface area contributed by atoms with Crippen LogP contribution in [0.2, 0.25) is 5.02 Å². The molecule has 4 aromatic carbocycles. The fourth-order valence-electron chi connectivity index (χ4n) is 7.55. The van der Waals surface area contributed by atoms with E-state index in [1.54, 1.807) is 0 Å². The van der Waals surface area contributed by atoms with Crippen molar-refractivity contribution in [2.45, 2.75) is 38.5 Å². The second-order valence-corrected chi connectivity index (χ2v) is 14.3. The molecular formula is C42H47ClN4O5. The van der Waals surface area contributed by atoms with Crippen molar-refractivity contribution in [2.24, 2.45) is 5.92 Å².